The van der Waals surface area contributed by atoms with Gasteiger partial charge in [-0.05, 0) is 6.92 Å². The fourth-order valence-corrected chi connectivity index (χ4v) is 1.71. The number of aryl methyl sites for hydroxylation is 1. The summed E-state index contributed by atoms with van der Waals surface area (Å²) in [7, 11) is 0. The van der Waals surface area contributed by atoms with E-state index < -0.39 is 0 Å². The van der Waals surface area contributed by atoms with Crippen molar-refractivity contribution in [3.63, 3.8) is 0 Å². The van der Waals surface area contributed by atoms with Crippen LogP contribution in [0.4, 0.5) is 11.8 Å². The van der Waals surface area contributed by atoms with Gasteiger partial charge in [-0.2, -0.15) is 4.98 Å². The number of anilines is 2. The molecule has 1 aromatic rings. The number of aromatic nitrogens is 2. The van der Waals surface area contributed by atoms with Crippen LogP contribution >= 0.6 is 0 Å². The molecule has 5 heteroatoms. The van der Waals surface area contributed by atoms with E-state index in [1.54, 1.807) is 13.0 Å². The van der Waals surface area contributed by atoms with Gasteiger partial charge in [0, 0.05) is 30.6 Å². The molecule has 1 aliphatic rings. The van der Waals surface area contributed by atoms with E-state index in [0.717, 1.165) is 5.69 Å². The molecule has 82 valence electrons. The van der Waals surface area contributed by atoms with Gasteiger partial charge in [0.25, 0.3) is 0 Å². The molecule has 1 saturated heterocycles. The monoisotopic (exact) mass is 216 g/mol. The number of hydrogen-bond acceptors (Lipinski definition) is 4. The Bertz CT molecular complexity index is 457. The molecule has 2 N–H and O–H groups in total. The average molecular weight is 216 g/mol. The molecule has 0 radical (unpaired) electrons. The van der Waals surface area contributed by atoms with Gasteiger partial charge in [-0.25, -0.2) is 4.98 Å². The summed E-state index contributed by atoms with van der Waals surface area (Å²) in [5, 5.41) is 0. The summed E-state index contributed by atoms with van der Waals surface area (Å²) >= 11 is 0. The van der Waals surface area contributed by atoms with E-state index in [1.165, 1.54) is 4.90 Å². The zero-order valence-electron chi connectivity index (χ0n) is 8.97. The predicted octanol–water partition coefficient (Wildman–Crippen LogP) is 0.353. The van der Waals surface area contributed by atoms with Crippen molar-refractivity contribution in [3.8, 4) is 12.3 Å². The van der Waals surface area contributed by atoms with Crippen molar-refractivity contribution in [2.24, 2.45) is 5.92 Å². The van der Waals surface area contributed by atoms with E-state index in [4.69, 9.17) is 12.2 Å². The summed E-state index contributed by atoms with van der Waals surface area (Å²) in [4.78, 5) is 21.4. The first-order chi connectivity index (χ1) is 7.60. The largest absolute Gasteiger partial charge is 0.384 e. The molecule has 1 aliphatic heterocycles. The van der Waals surface area contributed by atoms with Crippen LogP contribution in [-0.4, -0.2) is 22.4 Å². The number of rotatable bonds is 1. The van der Waals surface area contributed by atoms with Crippen LogP contribution in [0.1, 0.15) is 12.1 Å². The molecular weight excluding hydrogens is 204 g/mol. The molecule has 0 bridgehead atoms. The van der Waals surface area contributed by atoms with Gasteiger partial charge >= 0.3 is 0 Å². The van der Waals surface area contributed by atoms with Gasteiger partial charge in [0.15, 0.2) is 0 Å². The Balaban J connectivity index is 2.32. The third kappa shape index (κ3) is 1.82. The first-order valence-electron chi connectivity index (χ1n) is 4.98. The molecule has 0 aromatic carbocycles. The highest BCUT2D eigenvalue weighted by atomic mass is 16.2. The average Bonchev–Trinajstić information content (AvgIpc) is 2.58. The molecule has 1 atom stereocenters. The van der Waals surface area contributed by atoms with Gasteiger partial charge in [-0.15, -0.1) is 12.3 Å². The molecular formula is C11H12N4O. The topological polar surface area (TPSA) is 72.1 Å². The zero-order valence-corrected chi connectivity index (χ0v) is 8.97. The van der Waals surface area contributed by atoms with Crippen molar-refractivity contribution < 1.29 is 4.79 Å². The molecule has 0 saturated carbocycles. The Morgan fingerprint density at radius 3 is 2.94 bits per heavy atom. The molecule has 1 amide bonds. The summed E-state index contributed by atoms with van der Waals surface area (Å²) < 4.78 is 0. The van der Waals surface area contributed by atoms with Crippen molar-refractivity contribution in [1.82, 2.24) is 9.97 Å². The lowest BCUT2D eigenvalue weighted by atomic mass is 10.1. The number of hydrogen-bond donors (Lipinski definition) is 1. The number of carbonyl (C=O) groups is 1. The number of nitrogen functional groups attached to an aromatic ring is 1. The Morgan fingerprint density at radius 1 is 1.62 bits per heavy atom. The van der Waals surface area contributed by atoms with Crippen molar-refractivity contribution in [2.75, 3.05) is 17.2 Å². The number of amides is 1. The Kier molecular flexibility index (Phi) is 2.49. The second-order valence-electron chi connectivity index (χ2n) is 3.81. The molecule has 5 nitrogen and oxygen atoms in total. The summed E-state index contributed by atoms with van der Waals surface area (Å²) in [6, 6.07) is 1.66. The number of terminal acetylenes is 1. The molecule has 0 spiro atoms. The lowest BCUT2D eigenvalue weighted by Gasteiger charge is -2.14. The Hall–Kier alpha value is -2.09. The summed E-state index contributed by atoms with van der Waals surface area (Å²) in [6.45, 7) is 2.28. The Morgan fingerprint density at radius 2 is 2.38 bits per heavy atom. The quantitative estimate of drug-likeness (QED) is 0.688. The second kappa shape index (κ2) is 3.81. The second-order valence-corrected chi connectivity index (χ2v) is 3.81. The third-order valence-corrected chi connectivity index (χ3v) is 2.46. The lowest BCUT2D eigenvalue weighted by Crippen LogP contribution is -2.27. The number of nitrogens with zero attached hydrogens (tertiary/aromatic N) is 3. The van der Waals surface area contributed by atoms with Crippen LogP contribution in [0.25, 0.3) is 0 Å². The third-order valence-electron chi connectivity index (χ3n) is 2.46. The Labute approximate surface area is 93.7 Å². The van der Waals surface area contributed by atoms with Crippen LogP contribution in [0.5, 0.6) is 0 Å². The highest BCUT2D eigenvalue weighted by Crippen LogP contribution is 2.22. The maximum Gasteiger partial charge on any atom is 0.234 e. The fraction of sp³-hybridized carbons (Fsp3) is 0.364. The fourth-order valence-electron chi connectivity index (χ4n) is 1.71. The zero-order chi connectivity index (χ0) is 11.7. The highest BCUT2D eigenvalue weighted by molar-refractivity contribution is 5.94. The van der Waals surface area contributed by atoms with E-state index in [1.807, 2.05) is 0 Å². The van der Waals surface area contributed by atoms with Crippen molar-refractivity contribution in [1.29, 1.82) is 0 Å². The van der Waals surface area contributed by atoms with Crippen LogP contribution < -0.4 is 10.6 Å². The normalized spacial score (nSPS) is 19.9. The van der Waals surface area contributed by atoms with E-state index in [-0.39, 0.29) is 11.8 Å². The molecule has 1 aromatic heterocycles. The van der Waals surface area contributed by atoms with Crippen molar-refractivity contribution in [3.05, 3.63) is 11.8 Å². The van der Waals surface area contributed by atoms with Gasteiger partial charge < -0.3 is 5.73 Å². The van der Waals surface area contributed by atoms with E-state index in [9.17, 15) is 4.79 Å². The first-order valence-corrected chi connectivity index (χ1v) is 4.98. The summed E-state index contributed by atoms with van der Waals surface area (Å²) in [5.74, 6) is 3.18. The molecule has 1 unspecified atom stereocenters. The summed E-state index contributed by atoms with van der Waals surface area (Å²) in [6.07, 6.45) is 5.66. The van der Waals surface area contributed by atoms with Crippen LogP contribution in [0.2, 0.25) is 0 Å². The first kappa shape index (κ1) is 10.4. The highest BCUT2D eigenvalue weighted by Gasteiger charge is 2.31. The van der Waals surface area contributed by atoms with Gasteiger partial charge in [-0.1, -0.05) is 0 Å². The lowest BCUT2D eigenvalue weighted by molar-refractivity contribution is -0.117. The summed E-state index contributed by atoms with van der Waals surface area (Å²) in [5.41, 5.74) is 6.35. The molecule has 2 heterocycles. The van der Waals surface area contributed by atoms with Crippen LogP contribution in [-0.2, 0) is 4.79 Å². The van der Waals surface area contributed by atoms with Crippen molar-refractivity contribution >= 4 is 17.7 Å². The molecule has 16 heavy (non-hydrogen) atoms. The van der Waals surface area contributed by atoms with Crippen LogP contribution in [0, 0.1) is 25.2 Å². The van der Waals surface area contributed by atoms with E-state index >= 15 is 0 Å². The van der Waals surface area contributed by atoms with E-state index in [0.29, 0.717) is 24.7 Å². The molecule has 0 aliphatic carbocycles. The molecule has 1 fully saturated rings. The standard InChI is InChI=1S/C11H12N4O/c1-3-8-5-10(16)15(6-8)11-13-7(2)4-9(12)14-11/h1,4,8H,5-6H2,2H3,(H2,12,13,14). The van der Waals surface area contributed by atoms with Gasteiger partial charge in [0.05, 0.1) is 0 Å². The van der Waals surface area contributed by atoms with Gasteiger partial charge in [0.1, 0.15) is 5.82 Å². The minimum absolute atomic E-state index is 0.0482. The molecule has 2 rings (SSSR count). The number of carbonyl (C=O) groups excluding carboxylic acids is 1. The minimum Gasteiger partial charge on any atom is -0.384 e. The van der Waals surface area contributed by atoms with Crippen molar-refractivity contribution in [2.45, 2.75) is 13.3 Å². The van der Waals surface area contributed by atoms with E-state index in [2.05, 4.69) is 15.9 Å². The maximum atomic E-state index is 11.7. The maximum absolute atomic E-state index is 11.7. The number of nitrogens with two attached hydrogens (primary N) is 1. The van der Waals surface area contributed by atoms with Gasteiger partial charge in [-0.3, -0.25) is 9.69 Å². The minimum atomic E-state index is -0.0576. The SMILES string of the molecule is C#CC1CC(=O)N(c2nc(C)cc(N)n2)C1. The van der Waals surface area contributed by atoms with Crippen LogP contribution in [0.3, 0.4) is 0 Å². The van der Waals surface area contributed by atoms with Crippen LogP contribution in [0.15, 0.2) is 6.07 Å². The smallest absolute Gasteiger partial charge is 0.234 e. The van der Waals surface area contributed by atoms with Gasteiger partial charge in [0.2, 0.25) is 11.9 Å². The predicted molar refractivity (Wildman–Crippen MR) is 60.5 cm³/mol.